The lowest BCUT2D eigenvalue weighted by Crippen LogP contribution is -2.27. The van der Waals surface area contributed by atoms with Crippen LogP contribution < -0.4 is 10.6 Å². The molecule has 15 heavy (non-hydrogen) atoms. The molecule has 0 spiro atoms. The van der Waals surface area contributed by atoms with Crippen molar-refractivity contribution in [3.63, 3.8) is 0 Å². The predicted molar refractivity (Wildman–Crippen MR) is 54.2 cm³/mol. The van der Waals surface area contributed by atoms with E-state index in [9.17, 15) is 9.59 Å². The Morgan fingerprint density at radius 3 is 3.00 bits per heavy atom. The van der Waals surface area contributed by atoms with Crippen molar-refractivity contribution in [3.8, 4) is 12.3 Å². The van der Waals surface area contributed by atoms with Gasteiger partial charge in [-0.25, -0.2) is 9.78 Å². The van der Waals surface area contributed by atoms with E-state index in [2.05, 4.69) is 15.9 Å². The molecule has 2 heterocycles. The summed E-state index contributed by atoms with van der Waals surface area (Å²) in [5.41, 5.74) is -0.468. The molecule has 1 unspecified atom stereocenters. The summed E-state index contributed by atoms with van der Waals surface area (Å²) in [6.07, 6.45) is 6.95. The van der Waals surface area contributed by atoms with Gasteiger partial charge in [0.05, 0.1) is 0 Å². The fourth-order valence-corrected chi connectivity index (χ4v) is 1.57. The highest BCUT2D eigenvalue weighted by Crippen LogP contribution is 2.21. The highest BCUT2D eigenvalue weighted by Gasteiger charge is 2.29. The number of nitrogens with zero attached hydrogens (tertiary/aromatic N) is 2. The molecular weight excluding hydrogens is 194 g/mol. The molecule has 0 radical (unpaired) electrons. The second-order valence-corrected chi connectivity index (χ2v) is 3.33. The van der Waals surface area contributed by atoms with E-state index in [0.29, 0.717) is 18.8 Å². The Morgan fingerprint density at radius 1 is 1.60 bits per heavy atom. The zero-order valence-corrected chi connectivity index (χ0v) is 7.93. The van der Waals surface area contributed by atoms with Crippen LogP contribution in [-0.2, 0) is 4.79 Å². The molecule has 1 saturated heterocycles. The molecule has 1 aliphatic rings. The molecular formula is C10H9N3O2. The van der Waals surface area contributed by atoms with Gasteiger partial charge < -0.3 is 0 Å². The maximum atomic E-state index is 11.5. The number of terminal acetylenes is 1. The lowest BCUT2D eigenvalue weighted by Gasteiger charge is -2.14. The summed E-state index contributed by atoms with van der Waals surface area (Å²) in [7, 11) is 0. The van der Waals surface area contributed by atoms with Gasteiger partial charge in [-0.1, -0.05) is 0 Å². The SMILES string of the molecule is C#CC1CC(=O)N(c2ccnc(=O)[nH]2)C1. The molecule has 1 fully saturated rings. The van der Waals surface area contributed by atoms with Crippen molar-refractivity contribution >= 4 is 11.7 Å². The van der Waals surface area contributed by atoms with Crippen LogP contribution >= 0.6 is 0 Å². The van der Waals surface area contributed by atoms with E-state index in [4.69, 9.17) is 6.42 Å². The minimum absolute atomic E-state index is 0.0696. The molecule has 1 amide bonds. The summed E-state index contributed by atoms with van der Waals surface area (Å²) in [4.78, 5) is 30.0. The molecule has 1 aromatic rings. The van der Waals surface area contributed by atoms with Crippen molar-refractivity contribution < 1.29 is 4.79 Å². The van der Waals surface area contributed by atoms with E-state index in [1.807, 2.05) is 0 Å². The molecule has 1 N–H and O–H groups in total. The normalized spacial score (nSPS) is 20.3. The van der Waals surface area contributed by atoms with Gasteiger partial charge in [0.1, 0.15) is 5.82 Å². The third-order valence-corrected chi connectivity index (χ3v) is 2.31. The van der Waals surface area contributed by atoms with Crippen molar-refractivity contribution in [2.45, 2.75) is 6.42 Å². The number of hydrogen-bond acceptors (Lipinski definition) is 3. The quantitative estimate of drug-likeness (QED) is 0.640. The van der Waals surface area contributed by atoms with E-state index >= 15 is 0 Å². The molecule has 76 valence electrons. The van der Waals surface area contributed by atoms with E-state index in [-0.39, 0.29) is 11.8 Å². The van der Waals surface area contributed by atoms with Gasteiger partial charge in [-0.05, 0) is 6.07 Å². The Hall–Kier alpha value is -2.09. The van der Waals surface area contributed by atoms with Crippen LogP contribution in [0.5, 0.6) is 0 Å². The number of amides is 1. The maximum Gasteiger partial charge on any atom is 0.346 e. The zero-order chi connectivity index (χ0) is 10.8. The first-order chi connectivity index (χ1) is 7.20. The van der Waals surface area contributed by atoms with E-state index in [0.717, 1.165) is 0 Å². The molecule has 1 aliphatic heterocycles. The molecule has 0 aromatic carbocycles. The molecule has 0 aliphatic carbocycles. The lowest BCUT2D eigenvalue weighted by atomic mass is 10.1. The number of carbonyl (C=O) groups is 1. The van der Waals surface area contributed by atoms with Gasteiger partial charge in [0, 0.05) is 25.1 Å². The molecule has 5 heteroatoms. The first kappa shape index (κ1) is 9.46. The van der Waals surface area contributed by atoms with Crippen molar-refractivity contribution in [1.29, 1.82) is 0 Å². The predicted octanol–water partition coefficient (Wildman–Crippen LogP) is -0.244. The highest BCUT2D eigenvalue weighted by atomic mass is 16.2. The standard InChI is InChI=1S/C10H9N3O2/c1-2-7-5-9(14)13(6-7)8-3-4-11-10(15)12-8/h1,3-4,7H,5-6H2,(H,11,12,15). The minimum Gasteiger partial charge on any atom is -0.297 e. The monoisotopic (exact) mass is 203 g/mol. The number of aromatic nitrogens is 2. The molecule has 1 aromatic heterocycles. The number of rotatable bonds is 1. The van der Waals surface area contributed by atoms with E-state index in [1.165, 1.54) is 11.1 Å². The number of nitrogens with one attached hydrogen (secondary N) is 1. The van der Waals surface area contributed by atoms with Gasteiger partial charge in [-0.2, -0.15) is 0 Å². The zero-order valence-electron chi connectivity index (χ0n) is 7.93. The number of carbonyl (C=O) groups excluding carboxylic acids is 1. The third-order valence-electron chi connectivity index (χ3n) is 2.31. The van der Waals surface area contributed by atoms with Crippen molar-refractivity contribution in [2.75, 3.05) is 11.4 Å². The van der Waals surface area contributed by atoms with E-state index < -0.39 is 5.69 Å². The summed E-state index contributed by atoms with van der Waals surface area (Å²) < 4.78 is 0. The van der Waals surface area contributed by atoms with Crippen LogP contribution in [0.4, 0.5) is 5.82 Å². The second kappa shape index (κ2) is 3.58. The van der Waals surface area contributed by atoms with Gasteiger partial charge >= 0.3 is 5.69 Å². The topological polar surface area (TPSA) is 66.1 Å². The van der Waals surface area contributed by atoms with Crippen molar-refractivity contribution in [2.24, 2.45) is 5.92 Å². The summed E-state index contributed by atoms with van der Waals surface area (Å²) in [6, 6.07) is 1.58. The largest absolute Gasteiger partial charge is 0.346 e. The fraction of sp³-hybridized carbons (Fsp3) is 0.300. The van der Waals surface area contributed by atoms with Gasteiger partial charge in [0.25, 0.3) is 0 Å². The van der Waals surface area contributed by atoms with Crippen molar-refractivity contribution in [1.82, 2.24) is 9.97 Å². The number of anilines is 1. The summed E-state index contributed by atoms with van der Waals surface area (Å²) in [5, 5.41) is 0. The van der Waals surface area contributed by atoms with Crippen LogP contribution in [0.25, 0.3) is 0 Å². The molecule has 2 rings (SSSR count). The van der Waals surface area contributed by atoms with Gasteiger partial charge in [0.15, 0.2) is 0 Å². The molecule has 0 bridgehead atoms. The summed E-state index contributed by atoms with van der Waals surface area (Å²) in [6.45, 7) is 0.454. The lowest BCUT2D eigenvalue weighted by molar-refractivity contribution is -0.117. The smallest absolute Gasteiger partial charge is 0.297 e. The van der Waals surface area contributed by atoms with Crippen LogP contribution in [0.3, 0.4) is 0 Å². The number of aromatic amines is 1. The van der Waals surface area contributed by atoms with Crippen molar-refractivity contribution in [3.05, 3.63) is 22.7 Å². The third kappa shape index (κ3) is 1.74. The van der Waals surface area contributed by atoms with Crippen LogP contribution in [0.2, 0.25) is 0 Å². The first-order valence-corrected chi connectivity index (χ1v) is 4.52. The highest BCUT2D eigenvalue weighted by molar-refractivity contribution is 5.95. The Kier molecular flexibility index (Phi) is 2.26. The van der Waals surface area contributed by atoms with Gasteiger partial charge in [0.2, 0.25) is 5.91 Å². The van der Waals surface area contributed by atoms with Crippen LogP contribution in [0, 0.1) is 18.3 Å². The van der Waals surface area contributed by atoms with Crippen LogP contribution in [0.1, 0.15) is 6.42 Å². The second-order valence-electron chi connectivity index (χ2n) is 3.33. The Morgan fingerprint density at radius 2 is 2.40 bits per heavy atom. The van der Waals surface area contributed by atoms with E-state index in [1.54, 1.807) is 6.07 Å². The molecule has 1 atom stereocenters. The number of H-pyrrole nitrogens is 1. The Bertz CT molecular complexity index is 486. The Labute approximate surface area is 86.1 Å². The summed E-state index contributed by atoms with van der Waals surface area (Å²) >= 11 is 0. The van der Waals surface area contributed by atoms with Gasteiger partial charge in [-0.3, -0.25) is 14.7 Å². The van der Waals surface area contributed by atoms with Crippen LogP contribution in [0.15, 0.2) is 17.1 Å². The average molecular weight is 203 g/mol. The maximum absolute atomic E-state index is 11.5. The fourth-order valence-electron chi connectivity index (χ4n) is 1.57. The minimum atomic E-state index is -0.468. The number of hydrogen-bond donors (Lipinski definition) is 1. The first-order valence-electron chi connectivity index (χ1n) is 4.52. The summed E-state index contributed by atoms with van der Waals surface area (Å²) in [5.74, 6) is 2.85. The Balaban J connectivity index is 2.30. The molecule has 0 saturated carbocycles. The van der Waals surface area contributed by atoms with Gasteiger partial charge in [-0.15, -0.1) is 12.3 Å². The van der Waals surface area contributed by atoms with Crippen LogP contribution in [-0.4, -0.2) is 22.4 Å². The average Bonchev–Trinajstić information content (AvgIpc) is 2.60. The molecule has 5 nitrogen and oxygen atoms in total.